The Morgan fingerprint density at radius 1 is 1.00 bits per heavy atom. The highest BCUT2D eigenvalue weighted by molar-refractivity contribution is 6.50. The third kappa shape index (κ3) is 2.29. The largest absolute Gasteiger partial charge is 0.497 e. The van der Waals surface area contributed by atoms with Crippen LogP contribution in [-0.4, -0.2) is 23.7 Å². The van der Waals surface area contributed by atoms with Crippen molar-refractivity contribution in [1.82, 2.24) is 4.98 Å². The topological polar surface area (TPSA) is 59.2 Å². The lowest BCUT2D eigenvalue weighted by Crippen LogP contribution is -2.14. The summed E-state index contributed by atoms with van der Waals surface area (Å²) in [5.41, 5.74) is 2.68. The van der Waals surface area contributed by atoms with E-state index in [0.29, 0.717) is 16.9 Å². The number of methoxy groups -OCH3 is 1. The minimum absolute atomic E-state index is 0.354. The van der Waals surface area contributed by atoms with E-state index >= 15 is 0 Å². The summed E-state index contributed by atoms with van der Waals surface area (Å²) in [5, 5.41) is 0.770. The van der Waals surface area contributed by atoms with Crippen molar-refractivity contribution in [3.8, 4) is 5.75 Å². The monoisotopic (exact) mass is 293 g/mol. The lowest BCUT2D eigenvalue weighted by molar-refractivity contribution is 0.0818. The molecule has 0 amide bonds. The van der Waals surface area contributed by atoms with Crippen molar-refractivity contribution >= 4 is 22.5 Å². The molecule has 0 bridgehead atoms. The highest BCUT2D eigenvalue weighted by Crippen LogP contribution is 2.23. The Morgan fingerprint density at radius 2 is 1.73 bits per heavy atom. The van der Waals surface area contributed by atoms with Crippen LogP contribution in [0.2, 0.25) is 0 Å². The highest BCUT2D eigenvalue weighted by Gasteiger charge is 2.21. The number of fused-ring (bicyclic) bond motifs is 1. The summed E-state index contributed by atoms with van der Waals surface area (Å²) in [6.07, 6.45) is 1.60. The molecule has 1 aromatic heterocycles. The van der Waals surface area contributed by atoms with E-state index in [4.69, 9.17) is 4.74 Å². The average Bonchev–Trinajstić information content (AvgIpc) is 2.99. The second-order valence-electron chi connectivity index (χ2n) is 5.09. The first kappa shape index (κ1) is 14.1. The molecule has 22 heavy (non-hydrogen) atoms. The normalized spacial score (nSPS) is 10.6. The van der Waals surface area contributed by atoms with Crippen LogP contribution in [0.3, 0.4) is 0 Å². The van der Waals surface area contributed by atoms with Crippen molar-refractivity contribution in [1.29, 1.82) is 0 Å². The molecule has 3 aromatic rings. The smallest absolute Gasteiger partial charge is 0.235 e. The number of rotatable bonds is 4. The van der Waals surface area contributed by atoms with Gasteiger partial charge in [-0.25, -0.2) is 0 Å². The second-order valence-corrected chi connectivity index (χ2v) is 5.09. The van der Waals surface area contributed by atoms with Gasteiger partial charge in [-0.2, -0.15) is 0 Å². The van der Waals surface area contributed by atoms with Crippen LogP contribution in [0.4, 0.5) is 0 Å². The van der Waals surface area contributed by atoms with Gasteiger partial charge in [0.1, 0.15) is 5.75 Å². The molecule has 0 saturated heterocycles. The molecule has 0 saturated carbocycles. The van der Waals surface area contributed by atoms with Crippen molar-refractivity contribution < 1.29 is 14.3 Å². The molecule has 1 N–H and O–H groups in total. The third-order valence-electron chi connectivity index (χ3n) is 3.73. The van der Waals surface area contributed by atoms with E-state index in [1.165, 1.54) is 0 Å². The number of hydrogen-bond donors (Lipinski definition) is 1. The third-order valence-corrected chi connectivity index (χ3v) is 3.73. The standard InChI is InChI=1S/C18H15NO3/c1-11-4-3-5-14-15(10-19-16(11)14)18(21)17(20)12-6-8-13(22-2)9-7-12/h3-10,19H,1-2H3. The fourth-order valence-corrected chi connectivity index (χ4v) is 2.49. The minimum atomic E-state index is -0.523. The van der Waals surface area contributed by atoms with Gasteiger partial charge in [0, 0.05) is 22.7 Å². The van der Waals surface area contributed by atoms with Crippen LogP contribution in [0.5, 0.6) is 5.75 Å². The van der Waals surface area contributed by atoms with E-state index in [1.54, 1.807) is 37.6 Å². The van der Waals surface area contributed by atoms with Gasteiger partial charge in [-0.1, -0.05) is 18.2 Å². The maximum Gasteiger partial charge on any atom is 0.235 e. The lowest BCUT2D eigenvalue weighted by Gasteiger charge is -2.02. The molecule has 0 aliphatic carbocycles. The molecule has 0 aliphatic heterocycles. The first-order valence-corrected chi connectivity index (χ1v) is 6.91. The number of hydrogen-bond acceptors (Lipinski definition) is 3. The van der Waals surface area contributed by atoms with Gasteiger partial charge >= 0.3 is 0 Å². The maximum absolute atomic E-state index is 12.5. The van der Waals surface area contributed by atoms with E-state index < -0.39 is 11.6 Å². The Balaban J connectivity index is 1.98. The zero-order valence-corrected chi connectivity index (χ0v) is 12.3. The van der Waals surface area contributed by atoms with Gasteiger partial charge in [-0.05, 0) is 36.8 Å². The number of aromatic amines is 1. The Kier molecular flexibility index (Phi) is 3.51. The van der Waals surface area contributed by atoms with Crippen molar-refractivity contribution in [3.63, 3.8) is 0 Å². The molecular formula is C18H15NO3. The predicted molar refractivity (Wildman–Crippen MR) is 84.7 cm³/mol. The number of carbonyl (C=O) groups excluding carboxylic acids is 2. The lowest BCUT2D eigenvalue weighted by atomic mass is 10.0. The summed E-state index contributed by atoms with van der Waals surface area (Å²) in [6.45, 7) is 1.96. The number of ether oxygens (including phenoxy) is 1. The molecule has 0 unspecified atom stereocenters. The van der Waals surface area contributed by atoms with Gasteiger partial charge in [0.25, 0.3) is 0 Å². The zero-order chi connectivity index (χ0) is 15.7. The van der Waals surface area contributed by atoms with Crippen LogP contribution in [0.15, 0.2) is 48.7 Å². The number of Topliss-reactive ketones (excluding diaryl/α,β-unsaturated/α-hetero) is 2. The molecule has 1 heterocycles. The van der Waals surface area contributed by atoms with Gasteiger partial charge in [-0.15, -0.1) is 0 Å². The fourth-order valence-electron chi connectivity index (χ4n) is 2.49. The summed E-state index contributed by atoms with van der Waals surface area (Å²) >= 11 is 0. The highest BCUT2D eigenvalue weighted by atomic mass is 16.5. The van der Waals surface area contributed by atoms with E-state index in [1.807, 2.05) is 25.1 Å². The molecule has 4 heteroatoms. The molecule has 0 radical (unpaired) electrons. The zero-order valence-electron chi connectivity index (χ0n) is 12.3. The molecular weight excluding hydrogens is 278 g/mol. The van der Waals surface area contributed by atoms with E-state index in [0.717, 1.165) is 16.5 Å². The Labute approximate surface area is 127 Å². The minimum Gasteiger partial charge on any atom is -0.497 e. The first-order chi connectivity index (χ1) is 10.6. The Hall–Kier alpha value is -2.88. The van der Waals surface area contributed by atoms with Crippen molar-refractivity contribution in [2.75, 3.05) is 7.11 Å². The fraction of sp³-hybridized carbons (Fsp3) is 0.111. The number of aromatic nitrogens is 1. The van der Waals surface area contributed by atoms with Crippen LogP contribution in [0.1, 0.15) is 26.3 Å². The van der Waals surface area contributed by atoms with Crippen LogP contribution in [0.25, 0.3) is 10.9 Å². The molecule has 3 rings (SSSR count). The number of para-hydroxylation sites is 1. The molecule has 4 nitrogen and oxygen atoms in total. The summed E-state index contributed by atoms with van der Waals surface area (Å²) in [4.78, 5) is 27.9. The number of nitrogens with one attached hydrogen (secondary N) is 1. The van der Waals surface area contributed by atoms with Crippen LogP contribution >= 0.6 is 0 Å². The molecule has 0 fully saturated rings. The molecule has 0 spiro atoms. The number of benzene rings is 2. The maximum atomic E-state index is 12.5. The summed E-state index contributed by atoms with van der Waals surface area (Å²) in [6, 6.07) is 12.2. The van der Waals surface area contributed by atoms with Gasteiger partial charge in [0.05, 0.1) is 12.7 Å². The summed E-state index contributed by atoms with van der Waals surface area (Å²) in [7, 11) is 1.55. The van der Waals surface area contributed by atoms with Gasteiger partial charge in [0.15, 0.2) is 0 Å². The molecule has 110 valence electrons. The summed E-state index contributed by atoms with van der Waals surface area (Å²) < 4.78 is 5.05. The Bertz CT molecular complexity index is 860. The van der Waals surface area contributed by atoms with Crippen LogP contribution < -0.4 is 4.74 Å². The summed E-state index contributed by atoms with van der Waals surface area (Å²) in [5.74, 6) is -0.390. The number of carbonyl (C=O) groups is 2. The molecule has 2 aromatic carbocycles. The number of aryl methyl sites for hydroxylation is 1. The van der Waals surface area contributed by atoms with Crippen molar-refractivity contribution in [3.05, 3.63) is 65.4 Å². The number of H-pyrrole nitrogens is 1. The molecule has 0 aliphatic rings. The van der Waals surface area contributed by atoms with Crippen LogP contribution in [0, 0.1) is 6.92 Å². The quantitative estimate of drug-likeness (QED) is 0.591. The van der Waals surface area contributed by atoms with Gasteiger partial charge < -0.3 is 9.72 Å². The SMILES string of the molecule is COc1ccc(C(=O)C(=O)c2c[nH]c3c(C)cccc23)cc1. The van der Waals surface area contributed by atoms with Crippen molar-refractivity contribution in [2.24, 2.45) is 0 Å². The van der Waals surface area contributed by atoms with Gasteiger partial charge in [0.2, 0.25) is 11.6 Å². The average molecular weight is 293 g/mol. The van der Waals surface area contributed by atoms with Crippen LogP contribution in [-0.2, 0) is 0 Å². The second kappa shape index (κ2) is 5.48. The number of ketones is 2. The molecule has 0 atom stereocenters. The van der Waals surface area contributed by atoms with Crippen molar-refractivity contribution in [2.45, 2.75) is 6.92 Å². The predicted octanol–water partition coefficient (Wildman–Crippen LogP) is 3.55. The first-order valence-electron chi connectivity index (χ1n) is 6.91. The Morgan fingerprint density at radius 3 is 2.41 bits per heavy atom. The van der Waals surface area contributed by atoms with E-state index in [2.05, 4.69) is 4.98 Å². The van der Waals surface area contributed by atoms with Gasteiger partial charge in [-0.3, -0.25) is 9.59 Å². The van der Waals surface area contributed by atoms with E-state index in [-0.39, 0.29) is 0 Å². The van der Waals surface area contributed by atoms with E-state index in [9.17, 15) is 9.59 Å².